The minimum atomic E-state index is 0.228. The molecule has 1 aromatic heterocycles. The normalized spacial score (nSPS) is 11.0. The van der Waals surface area contributed by atoms with Crippen LogP contribution in [0.25, 0.3) is 0 Å². The van der Waals surface area contributed by atoms with Crippen LogP contribution in [0.3, 0.4) is 0 Å². The molecule has 0 atom stereocenters. The van der Waals surface area contributed by atoms with Crippen molar-refractivity contribution in [1.29, 1.82) is 0 Å². The van der Waals surface area contributed by atoms with Gasteiger partial charge in [-0.25, -0.2) is 4.99 Å². The molecule has 2 rings (SSSR count). The highest BCUT2D eigenvalue weighted by Crippen LogP contribution is 2.40. The zero-order valence-corrected chi connectivity index (χ0v) is 15.6. The van der Waals surface area contributed by atoms with Crippen LogP contribution in [0.4, 0.5) is 5.69 Å². The van der Waals surface area contributed by atoms with Crippen LogP contribution < -0.4 is 9.47 Å². The molecule has 1 aromatic carbocycles. The SMILES string of the molecule is CCN(C)/C=N/c1cc(OC)c(Oc2nc(Cl)c(Cl)s2)cc1C. The van der Waals surface area contributed by atoms with Gasteiger partial charge in [0.15, 0.2) is 16.7 Å². The number of hydrogen-bond donors (Lipinski definition) is 0. The number of ether oxygens (including phenoxy) is 2. The Morgan fingerprint density at radius 1 is 1.35 bits per heavy atom. The summed E-state index contributed by atoms with van der Waals surface area (Å²) in [6.07, 6.45) is 1.78. The zero-order chi connectivity index (χ0) is 17.0. The number of nitrogens with zero attached hydrogens (tertiary/aromatic N) is 3. The fraction of sp³-hybridized carbons (Fsp3) is 0.333. The van der Waals surface area contributed by atoms with Crippen LogP contribution >= 0.6 is 34.5 Å². The molecule has 0 spiro atoms. The molecule has 0 amide bonds. The summed E-state index contributed by atoms with van der Waals surface area (Å²) in [7, 11) is 3.54. The Labute approximate surface area is 149 Å². The molecule has 0 N–H and O–H groups in total. The summed E-state index contributed by atoms with van der Waals surface area (Å²) in [4.78, 5) is 10.5. The number of aromatic nitrogens is 1. The number of aryl methyl sites for hydroxylation is 1. The van der Waals surface area contributed by atoms with Gasteiger partial charge in [0.05, 0.1) is 19.1 Å². The van der Waals surface area contributed by atoms with Crippen LogP contribution in [-0.4, -0.2) is 36.9 Å². The van der Waals surface area contributed by atoms with Crippen molar-refractivity contribution < 1.29 is 9.47 Å². The Kier molecular flexibility index (Phi) is 6.10. The lowest BCUT2D eigenvalue weighted by Crippen LogP contribution is -2.14. The van der Waals surface area contributed by atoms with E-state index < -0.39 is 0 Å². The second-order valence-corrected chi connectivity index (χ2v) is 6.68. The van der Waals surface area contributed by atoms with E-state index in [9.17, 15) is 0 Å². The van der Waals surface area contributed by atoms with E-state index >= 15 is 0 Å². The van der Waals surface area contributed by atoms with E-state index in [-0.39, 0.29) is 5.15 Å². The topological polar surface area (TPSA) is 47.0 Å². The van der Waals surface area contributed by atoms with Gasteiger partial charge in [0.1, 0.15) is 4.34 Å². The minimum Gasteiger partial charge on any atom is -0.493 e. The van der Waals surface area contributed by atoms with E-state index in [1.807, 2.05) is 31.0 Å². The van der Waals surface area contributed by atoms with Gasteiger partial charge >= 0.3 is 0 Å². The first-order chi connectivity index (χ1) is 10.9. The second-order valence-electron chi connectivity index (χ2n) is 4.75. The van der Waals surface area contributed by atoms with Crippen molar-refractivity contribution >= 4 is 46.6 Å². The van der Waals surface area contributed by atoms with E-state index in [0.717, 1.165) is 29.1 Å². The molecule has 0 aliphatic carbocycles. The molecule has 0 radical (unpaired) electrons. The quantitative estimate of drug-likeness (QED) is 0.517. The molecule has 0 fully saturated rings. The number of methoxy groups -OCH3 is 1. The van der Waals surface area contributed by atoms with Crippen molar-refractivity contribution in [3.63, 3.8) is 0 Å². The number of rotatable bonds is 6. The van der Waals surface area contributed by atoms with E-state index in [1.165, 1.54) is 0 Å². The molecule has 1 heterocycles. The van der Waals surface area contributed by atoms with E-state index in [1.54, 1.807) is 13.4 Å². The summed E-state index contributed by atoms with van der Waals surface area (Å²) in [6, 6.07) is 3.67. The van der Waals surface area contributed by atoms with Gasteiger partial charge in [-0.05, 0) is 25.5 Å². The Balaban J connectivity index is 2.30. The lowest BCUT2D eigenvalue weighted by Gasteiger charge is -2.12. The molecule has 5 nitrogen and oxygen atoms in total. The fourth-order valence-electron chi connectivity index (χ4n) is 1.68. The number of halogens is 2. The molecule has 124 valence electrons. The molecule has 23 heavy (non-hydrogen) atoms. The van der Waals surface area contributed by atoms with Gasteiger partial charge in [-0.3, -0.25) is 0 Å². The molecule has 0 aliphatic rings. The predicted octanol–water partition coefficient (Wildman–Crippen LogP) is 5.17. The average molecular weight is 374 g/mol. The van der Waals surface area contributed by atoms with Crippen LogP contribution in [0, 0.1) is 6.92 Å². The number of thiazole rings is 1. The maximum atomic E-state index is 5.90. The molecule has 2 aromatic rings. The molecule has 0 unspecified atom stereocenters. The van der Waals surface area contributed by atoms with Crippen LogP contribution in [-0.2, 0) is 0 Å². The van der Waals surface area contributed by atoms with Crippen LogP contribution in [0.2, 0.25) is 9.49 Å². The van der Waals surface area contributed by atoms with Crippen molar-refractivity contribution in [3.05, 3.63) is 27.2 Å². The highest BCUT2D eigenvalue weighted by molar-refractivity contribution is 7.18. The van der Waals surface area contributed by atoms with Gasteiger partial charge in [0.25, 0.3) is 5.19 Å². The molecule has 0 saturated heterocycles. The summed E-state index contributed by atoms with van der Waals surface area (Å²) < 4.78 is 11.5. The third-order valence-electron chi connectivity index (χ3n) is 3.10. The molecule has 8 heteroatoms. The predicted molar refractivity (Wildman–Crippen MR) is 96.4 cm³/mol. The monoisotopic (exact) mass is 373 g/mol. The first-order valence-corrected chi connectivity index (χ1v) is 8.44. The summed E-state index contributed by atoms with van der Waals surface area (Å²) in [5.41, 5.74) is 1.76. The van der Waals surface area contributed by atoms with E-state index in [0.29, 0.717) is 21.0 Å². The first kappa shape index (κ1) is 17.8. The van der Waals surface area contributed by atoms with Crippen molar-refractivity contribution in [3.8, 4) is 16.7 Å². The standard InChI is InChI=1S/C15H17Cl2N3O2S/c1-5-20(3)8-18-10-7-11(21-4)12(6-9(10)2)22-15-19-13(16)14(17)23-15/h6-8H,5H2,1-4H3/b18-8+. The Morgan fingerprint density at radius 3 is 2.65 bits per heavy atom. The Hall–Kier alpha value is -1.50. The summed E-state index contributed by atoms with van der Waals surface area (Å²) in [6.45, 7) is 4.89. The van der Waals surface area contributed by atoms with Gasteiger partial charge in [0.2, 0.25) is 0 Å². The summed E-state index contributed by atoms with van der Waals surface area (Å²) in [5, 5.41) is 0.589. The Morgan fingerprint density at radius 2 is 2.09 bits per heavy atom. The molecule has 0 aliphatic heterocycles. The van der Waals surface area contributed by atoms with Crippen LogP contribution in [0.5, 0.6) is 16.7 Å². The summed E-state index contributed by atoms with van der Waals surface area (Å²) in [5.74, 6) is 1.10. The first-order valence-electron chi connectivity index (χ1n) is 6.87. The summed E-state index contributed by atoms with van der Waals surface area (Å²) >= 11 is 12.9. The lowest BCUT2D eigenvalue weighted by atomic mass is 10.2. The lowest BCUT2D eigenvalue weighted by molar-refractivity contribution is 0.378. The third kappa shape index (κ3) is 4.50. The largest absolute Gasteiger partial charge is 0.493 e. The van der Waals surface area contributed by atoms with Gasteiger partial charge in [-0.15, -0.1) is 0 Å². The Bertz CT molecular complexity index is 699. The van der Waals surface area contributed by atoms with Crippen LogP contribution in [0.15, 0.2) is 17.1 Å². The van der Waals surface area contributed by atoms with Gasteiger partial charge in [-0.2, -0.15) is 4.98 Å². The van der Waals surface area contributed by atoms with Gasteiger partial charge in [0, 0.05) is 19.7 Å². The zero-order valence-electron chi connectivity index (χ0n) is 13.3. The number of benzene rings is 1. The molecule has 0 saturated carbocycles. The second kappa shape index (κ2) is 7.86. The maximum Gasteiger partial charge on any atom is 0.281 e. The molecular formula is C15H17Cl2N3O2S. The minimum absolute atomic E-state index is 0.228. The third-order valence-corrected chi connectivity index (χ3v) is 4.72. The highest BCUT2D eigenvalue weighted by atomic mass is 35.5. The molecule has 0 bridgehead atoms. The molecular weight excluding hydrogens is 357 g/mol. The van der Waals surface area contributed by atoms with Crippen molar-refractivity contribution in [2.45, 2.75) is 13.8 Å². The smallest absolute Gasteiger partial charge is 0.281 e. The van der Waals surface area contributed by atoms with Gasteiger partial charge in [-0.1, -0.05) is 34.5 Å². The van der Waals surface area contributed by atoms with Crippen molar-refractivity contribution in [2.24, 2.45) is 4.99 Å². The number of hydrogen-bond acceptors (Lipinski definition) is 5. The fourth-order valence-corrected chi connectivity index (χ4v) is 2.71. The van der Waals surface area contributed by atoms with E-state index in [4.69, 9.17) is 32.7 Å². The van der Waals surface area contributed by atoms with Crippen LogP contribution in [0.1, 0.15) is 12.5 Å². The van der Waals surface area contributed by atoms with Gasteiger partial charge < -0.3 is 14.4 Å². The van der Waals surface area contributed by atoms with Crippen molar-refractivity contribution in [1.82, 2.24) is 9.88 Å². The van der Waals surface area contributed by atoms with Crippen molar-refractivity contribution in [2.75, 3.05) is 20.7 Å². The average Bonchev–Trinajstić information content (AvgIpc) is 2.84. The van der Waals surface area contributed by atoms with E-state index in [2.05, 4.69) is 16.9 Å². The highest BCUT2D eigenvalue weighted by Gasteiger charge is 2.14. The number of aliphatic imine (C=N–C) groups is 1. The maximum absolute atomic E-state index is 5.90.